The number of nitrogens with two attached hydrogens (primary N) is 1. The van der Waals surface area contributed by atoms with Crippen LogP contribution < -0.4 is 5.73 Å². The van der Waals surface area contributed by atoms with E-state index in [0.29, 0.717) is 11.4 Å². The highest BCUT2D eigenvalue weighted by Crippen LogP contribution is 2.26. The van der Waals surface area contributed by atoms with Gasteiger partial charge in [-0.25, -0.2) is 0 Å². The standard InChI is InChI=1S/C15H11N3/c16-9-13-8-14(18-15(13)17)12-6-5-10-3-1-2-4-11(10)7-12/h1-8,18H,17H2. The van der Waals surface area contributed by atoms with Crippen molar-refractivity contribution < 1.29 is 0 Å². The van der Waals surface area contributed by atoms with E-state index in [0.717, 1.165) is 11.3 Å². The minimum Gasteiger partial charge on any atom is -0.384 e. The largest absolute Gasteiger partial charge is 0.384 e. The first kappa shape index (κ1) is 10.4. The lowest BCUT2D eigenvalue weighted by Gasteiger charge is -2.01. The smallest absolute Gasteiger partial charge is 0.119 e. The van der Waals surface area contributed by atoms with Crippen LogP contribution in [0.2, 0.25) is 0 Å². The molecule has 0 saturated heterocycles. The van der Waals surface area contributed by atoms with Gasteiger partial charge in [0.2, 0.25) is 0 Å². The number of nitrogens with zero attached hydrogens (tertiary/aromatic N) is 1. The monoisotopic (exact) mass is 233 g/mol. The Hall–Kier alpha value is -2.73. The lowest BCUT2D eigenvalue weighted by Crippen LogP contribution is -1.86. The van der Waals surface area contributed by atoms with Crippen molar-refractivity contribution in [1.82, 2.24) is 4.98 Å². The van der Waals surface area contributed by atoms with Crippen molar-refractivity contribution in [3.63, 3.8) is 0 Å². The second-order valence-electron chi connectivity index (χ2n) is 4.18. The lowest BCUT2D eigenvalue weighted by molar-refractivity contribution is 1.40. The number of hydrogen-bond acceptors (Lipinski definition) is 2. The van der Waals surface area contributed by atoms with E-state index in [1.807, 2.05) is 18.2 Å². The maximum atomic E-state index is 8.90. The van der Waals surface area contributed by atoms with E-state index < -0.39 is 0 Å². The minimum absolute atomic E-state index is 0.417. The Morgan fingerprint density at radius 3 is 2.50 bits per heavy atom. The van der Waals surface area contributed by atoms with Crippen molar-refractivity contribution in [3.8, 4) is 17.3 Å². The number of nitriles is 1. The molecular weight excluding hydrogens is 222 g/mol. The van der Waals surface area contributed by atoms with Gasteiger partial charge in [0.1, 0.15) is 11.9 Å². The molecule has 86 valence electrons. The van der Waals surface area contributed by atoms with Crippen LogP contribution in [0.4, 0.5) is 5.82 Å². The summed E-state index contributed by atoms with van der Waals surface area (Å²) >= 11 is 0. The molecule has 3 nitrogen and oxygen atoms in total. The number of benzene rings is 2. The normalized spacial score (nSPS) is 10.4. The minimum atomic E-state index is 0.417. The fourth-order valence-electron chi connectivity index (χ4n) is 2.08. The molecule has 3 aromatic rings. The maximum Gasteiger partial charge on any atom is 0.119 e. The van der Waals surface area contributed by atoms with E-state index >= 15 is 0 Å². The van der Waals surface area contributed by atoms with Crippen molar-refractivity contribution in [2.75, 3.05) is 5.73 Å². The topological polar surface area (TPSA) is 65.6 Å². The summed E-state index contributed by atoms with van der Waals surface area (Å²) in [5.41, 5.74) is 8.11. The van der Waals surface area contributed by atoms with Gasteiger partial charge in [-0.15, -0.1) is 0 Å². The summed E-state index contributed by atoms with van der Waals surface area (Å²) < 4.78 is 0. The number of nitrogens with one attached hydrogen (secondary N) is 1. The summed E-state index contributed by atoms with van der Waals surface area (Å²) in [5, 5.41) is 11.3. The van der Waals surface area contributed by atoms with Gasteiger partial charge in [0, 0.05) is 5.69 Å². The van der Waals surface area contributed by atoms with Crippen LogP contribution in [0.15, 0.2) is 48.5 Å². The third kappa shape index (κ3) is 1.61. The summed E-state index contributed by atoms with van der Waals surface area (Å²) in [4.78, 5) is 3.03. The molecule has 1 aromatic heterocycles. The predicted octanol–water partition coefficient (Wildman–Crippen LogP) is 3.29. The Labute approximate surface area is 104 Å². The van der Waals surface area contributed by atoms with Crippen LogP contribution in [0.3, 0.4) is 0 Å². The number of H-pyrrole nitrogens is 1. The molecular formula is C15H11N3. The average Bonchev–Trinajstić information content (AvgIpc) is 2.79. The Balaban J connectivity index is 2.16. The first-order chi connectivity index (χ1) is 8.78. The van der Waals surface area contributed by atoms with Gasteiger partial charge >= 0.3 is 0 Å². The first-order valence-corrected chi connectivity index (χ1v) is 5.66. The van der Waals surface area contributed by atoms with Crippen molar-refractivity contribution in [1.29, 1.82) is 5.26 Å². The fourth-order valence-corrected chi connectivity index (χ4v) is 2.08. The van der Waals surface area contributed by atoms with E-state index in [-0.39, 0.29) is 0 Å². The zero-order valence-corrected chi connectivity index (χ0v) is 9.64. The molecule has 3 N–H and O–H groups in total. The third-order valence-corrected chi connectivity index (χ3v) is 3.03. The molecule has 0 amide bonds. The zero-order valence-electron chi connectivity index (χ0n) is 9.64. The first-order valence-electron chi connectivity index (χ1n) is 5.66. The Morgan fingerprint density at radius 2 is 1.78 bits per heavy atom. The molecule has 0 bridgehead atoms. The number of hydrogen-bond donors (Lipinski definition) is 2. The van der Waals surface area contributed by atoms with Crippen LogP contribution in [0.1, 0.15) is 5.56 Å². The SMILES string of the molecule is N#Cc1cc(-c2ccc3ccccc3c2)[nH]c1N. The van der Waals surface area contributed by atoms with E-state index in [1.165, 1.54) is 10.8 Å². The maximum absolute atomic E-state index is 8.90. The van der Waals surface area contributed by atoms with Crippen LogP contribution in [0.25, 0.3) is 22.0 Å². The summed E-state index contributed by atoms with van der Waals surface area (Å²) in [6.45, 7) is 0. The number of anilines is 1. The molecule has 0 aliphatic carbocycles. The lowest BCUT2D eigenvalue weighted by atomic mass is 10.1. The molecule has 0 saturated carbocycles. The van der Waals surface area contributed by atoms with Crippen LogP contribution in [-0.2, 0) is 0 Å². The summed E-state index contributed by atoms with van der Waals surface area (Å²) in [6, 6.07) is 18.2. The second-order valence-corrected chi connectivity index (χ2v) is 4.18. The van der Waals surface area contributed by atoms with Gasteiger partial charge in [0.25, 0.3) is 0 Å². The molecule has 3 rings (SSSR count). The summed E-state index contributed by atoms with van der Waals surface area (Å²) in [7, 11) is 0. The molecule has 2 aromatic carbocycles. The van der Waals surface area contributed by atoms with Gasteiger partial charge in [0.15, 0.2) is 0 Å². The van der Waals surface area contributed by atoms with Gasteiger partial charge < -0.3 is 10.7 Å². The number of aromatic amines is 1. The van der Waals surface area contributed by atoms with Gasteiger partial charge in [-0.1, -0.05) is 36.4 Å². The molecule has 0 spiro atoms. The summed E-state index contributed by atoms with van der Waals surface area (Å²) in [5.74, 6) is 0.417. The van der Waals surface area contributed by atoms with Crippen LogP contribution in [-0.4, -0.2) is 4.98 Å². The Kier molecular flexibility index (Phi) is 2.28. The zero-order chi connectivity index (χ0) is 12.5. The van der Waals surface area contributed by atoms with Gasteiger partial charge in [-0.05, 0) is 28.5 Å². The number of nitrogen functional groups attached to an aromatic ring is 1. The van der Waals surface area contributed by atoms with Crippen molar-refractivity contribution >= 4 is 16.6 Å². The predicted molar refractivity (Wildman–Crippen MR) is 72.9 cm³/mol. The third-order valence-electron chi connectivity index (χ3n) is 3.03. The van der Waals surface area contributed by atoms with Crippen molar-refractivity contribution in [2.45, 2.75) is 0 Å². The second kappa shape index (κ2) is 3.94. The van der Waals surface area contributed by atoms with Gasteiger partial charge in [-0.2, -0.15) is 5.26 Å². The number of fused-ring (bicyclic) bond motifs is 1. The highest BCUT2D eigenvalue weighted by Gasteiger charge is 2.06. The van der Waals surface area contributed by atoms with Gasteiger partial charge in [0.05, 0.1) is 5.56 Å². The molecule has 1 heterocycles. The number of aromatic nitrogens is 1. The van der Waals surface area contributed by atoms with E-state index in [1.54, 1.807) is 6.07 Å². The number of rotatable bonds is 1. The summed E-state index contributed by atoms with van der Waals surface area (Å²) in [6.07, 6.45) is 0. The Bertz CT molecular complexity index is 763. The molecule has 0 atom stereocenters. The highest BCUT2D eigenvalue weighted by atomic mass is 14.9. The molecule has 0 fully saturated rings. The fraction of sp³-hybridized carbons (Fsp3) is 0. The Morgan fingerprint density at radius 1 is 1.00 bits per heavy atom. The average molecular weight is 233 g/mol. The van der Waals surface area contributed by atoms with E-state index in [9.17, 15) is 0 Å². The molecule has 0 radical (unpaired) electrons. The van der Waals surface area contributed by atoms with Crippen molar-refractivity contribution in [3.05, 3.63) is 54.1 Å². The molecule has 18 heavy (non-hydrogen) atoms. The van der Waals surface area contributed by atoms with Crippen LogP contribution >= 0.6 is 0 Å². The van der Waals surface area contributed by atoms with Crippen LogP contribution in [0.5, 0.6) is 0 Å². The van der Waals surface area contributed by atoms with Gasteiger partial charge in [-0.3, -0.25) is 0 Å². The molecule has 0 unspecified atom stereocenters. The van der Waals surface area contributed by atoms with E-state index in [4.69, 9.17) is 11.0 Å². The molecule has 0 aliphatic heterocycles. The van der Waals surface area contributed by atoms with Crippen molar-refractivity contribution in [2.24, 2.45) is 0 Å². The molecule has 3 heteroatoms. The highest BCUT2D eigenvalue weighted by molar-refractivity contribution is 5.87. The molecule has 0 aliphatic rings. The van der Waals surface area contributed by atoms with E-state index in [2.05, 4.69) is 35.3 Å². The van der Waals surface area contributed by atoms with Crippen LogP contribution in [0, 0.1) is 11.3 Å². The quantitative estimate of drug-likeness (QED) is 0.677.